The molecule has 0 spiro atoms. The van der Waals surface area contributed by atoms with Crippen molar-refractivity contribution in [3.63, 3.8) is 0 Å². The van der Waals surface area contributed by atoms with Crippen LogP contribution >= 0.6 is 66.8 Å². The van der Waals surface area contributed by atoms with Gasteiger partial charge < -0.3 is 30.6 Å². The highest BCUT2D eigenvalue weighted by atomic mass is 79.9. The zero-order valence-corrected chi connectivity index (χ0v) is 38.7. The van der Waals surface area contributed by atoms with E-state index in [-0.39, 0.29) is 48.9 Å². The third-order valence-corrected chi connectivity index (χ3v) is 14.2. The summed E-state index contributed by atoms with van der Waals surface area (Å²) < 4.78 is 1.64. The molecule has 15 heteroatoms. The molecule has 0 radical (unpaired) electrons. The van der Waals surface area contributed by atoms with Crippen molar-refractivity contribution >= 4 is 103 Å². The third kappa shape index (κ3) is 11.7. The molecule has 0 saturated carbocycles. The van der Waals surface area contributed by atoms with Crippen molar-refractivity contribution in [2.45, 2.75) is 60.4 Å². The Morgan fingerprint density at radius 2 is 1.08 bits per heavy atom. The second kappa shape index (κ2) is 22.4. The summed E-state index contributed by atoms with van der Waals surface area (Å²) in [5.74, 6) is -0.517. The van der Waals surface area contributed by atoms with Crippen LogP contribution in [0.1, 0.15) is 49.7 Å². The molecule has 4 amide bonds. The number of nitrogens with one attached hydrogen (secondary N) is 2. The first-order chi connectivity index (χ1) is 29.5. The molecule has 61 heavy (non-hydrogen) atoms. The van der Waals surface area contributed by atoms with E-state index in [0.29, 0.717) is 74.7 Å². The quantitative estimate of drug-likeness (QED) is 0.0577. The average molecular weight is 1010 g/mol. The van der Waals surface area contributed by atoms with E-state index in [1.165, 1.54) is 23.9 Å². The smallest absolute Gasteiger partial charge is 0.244 e. The van der Waals surface area contributed by atoms with Crippen LogP contribution in [0, 0.1) is 0 Å². The van der Waals surface area contributed by atoms with E-state index in [1.807, 2.05) is 72.8 Å². The van der Waals surface area contributed by atoms with Crippen LogP contribution in [0.2, 0.25) is 10.0 Å². The SMILES string of the molecule is O=C(C=Cc1ccc(Sc2ccc(C=CC(=O)NCCCN3C(=O)CC[C@H]3CO)c(-c3ccccc3Br)c2Cl)c(Cl)c1-c1ccccc1Br)NCCCN1C(=O)CC[C@H]1CO. The Balaban J connectivity index is 1.20. The summed E-state index contributed by atoms with van der Waals surface area (Å²) >= 11 is 23.3. The van der Waals surface area contributed by atoms with Crippen LogP contribution in [0.15, 0.2) is 104 Å². The highest BCUT2D eigenvalue weighted by Gasteiger charge is 2.30. The monoisotopic (exact) mass is 1010 g/mol. The van der Waals surface area contributed by atoms with E-state index in [9.17, 15) is 29.4 Å². The Morgan fingerprint density at radius 1 is 0.672 bits per heavy atom. The first kappa shape index (κ1) is 46.6. The summed E-state index contributed by atoms with van der Waals surface area (Å²) in [6.07, 6.45) is 9.70. The van der Waals surface area contributed by atoms with E-state index in [1.54, 1.807) is 22.0 Å². The molecule has 4 aromatic carbocycles. The van der Waals surface area contributed by atoms with Gasteiger partial charge in [-0.15, -0.1) is 0 Å². The minimum Gasteiger partial charge on any atom is -0.394 e. The fourth-order valence-corrected chi connectivity index (χ4v) is 10.2. The predicted octanol–water partition coefficient (Wildman–Crippen LogP) is 9.01. The average Bonchev–Trinajstić information content (AvgIpc) is 3.81. The van der Waals surface area contributed by atoms with Crippen LogP contribution in [-0.2, 0) is 19.2 Å². The van der Waals surface area contributed by atoms with Gasteiger partial charge in [0.05, 0.1) is 35.3 Å². The molecule has 2 fully saturated rings. The van der Waals surface area contributed by atoms with Crippen LogP contribution in [0.5, 0.6) is 0 Å². The van der Waals surface area contributed by atoms with Crippen LogP contribution in [0.3, 0.4) is 0 Å². The topological polar surface area (TPSA) is 139 Å². The zero-order valence-electron chi connectivity index (χ0n) is 33.2. The van der Waals surface area contributed by atoms with Gasteiger partial charge in [0.2, 0.25) is 23.6 Å². The summed E-state index contributed by atoms with van der Waals surface area (Å²) in [7, 11) is 0. The lowest BCUT2D eigenvalue weighted by atomic mass is 9.99. The fourth-order valence-electron chi connectivity index (χ4n) is 7.52. The molecule has 6 rings (SSSR count). The Kier molecular flexibility index (Phi) is 17.1. The first-order valence-corrected chi connectivity index (χ1v) is 23.2. The van der Waals surface area contributed by atoms with Crippen molar-refractivity contribution in [1.82, 2.24) is 20.4 Å². The predicted molar refractivity (Wildman–Crippen MR) is 250 cm³/mol. The van der Waals surface area contributed by atoms with Crippen molar-refractivity contribution in [2.75, 3.05) is 39.4 Å². The van der Waals surface area contributed by atoms with Crippen LogP contribution in [0.25, 0.3) is 34.4 Å². The lowest BCUT2D eigenvalue weighted by molar-refractivity contribution is -0.130. The molecule has 2 heterocycles. The molecular weight excluding hydrogens is 967 g/mol. The summed E-state index contributed by atoms with van der Waals surface area (Å²) in [6, 6.07) is 22.7. The summed E-state index contributed by atoms with van der Waals surface area (Å²) in [6.45, 7) is 1.56. The second-order valence-electron chi connectivity index (χ2n) is 14.6. The number of aliphatic hydroxyl groups is 2. The number of aliphatic hydroxyl groups excluding tert-OH is 2. The molecule has 0 aromatic heterocycles. The number of rotatable bonds is 18. The summed E-state index contributed by atoms with van der Waals surface area (Å²) in [4.78, 5) is 55.0. The molecular formula is C46H46Br2Cl2N4O6S. The molecule has 4 N–H and O–H groups in total. The molecule has 2 saturated heterocycles. The maximum Gasteiger partial charge on any atom is 0.244 e. The molecule has 0 unspecified atom stereocenters. The summed E-state index contributed by atoms with van der Waals surface area (Å²) in [5, 5.41) is 25.9. The van der Waals surface area contributed by atoms with Crippen LogP contribution in [-0.4, -0.2) is 95.1 Å². The minimum atomic E-state index is -0.288. The van der Waals surface area contributed by atoms with Crippen molar-refractivity contribution < 1.29 is 29.4 Å². The van der Waals surface area contributed by atoms with Gasteiger partial charge in [0.15, 0.2) is 0 Å². The molecule has 2 aliphatic rings. The number of halogens is 4. The number of nitrogens with zero attached hydrogens (tertiary/aromatic N) is 2. The largest absolute Gasteiger partial charge is 0.394 e. The molecule has 0 bridgehead atoms. The molecule has 2 atom stereocenters. The normalized spacial score (nSPS) is 16.7. The molecule has 2 aliphatic heterocycles. The number of benzene rings is 4. The lowest BCUT2D eigenvalue weighted by Gasteiger charge is -2.23. The van der Waals surface area contributed by atoms with Gasteiger partial charge in [0, 0.05) is 81.0 Å². The van der Waals surface area contributed by atoms with Crippen LogP contribution in [0.4, 0.5) is 0 Å². The van der Waals surface area contributed by atoms with E-state index in [2.05, 4.69) is 42.5 Å². The first-order valence-electron chi connectivity index (χ1n) is 20.1. The van der Waals surface area contributed by atoms with Gasteiger partial charge in [0.1, 0.15) is 0 Å². The number of hydrogen-bond donors (Lipinski definition) is 4. The van der Waals surface area contributed by atoms with E-state index in [0.717, 1.165) is 52.1 Å². The van der Waals surface area contributed by atoms with Gasteiger partial charge in [-0.3, -0.25) is 19.2 Å². The maximum atomic E-state index is 12.9. The Morgan fingerprint density at radius 3 is 1.48 bits per heavy atom. The van der Waals surface area contributed by atoms with Crippen LogP contribution < -0.4 is 10.6 Å². The third-order valence-electron chi connectivity index (χ3n) is 10.7. The van der Waals surface area contributed by atoms with Crippen molar-refractivity contribution in [2.24, 2.45) is 0 Å². The maximum absolute atomic E-state index is 12.9. The number of hydrogen-bond acceptors (Lipinski definition) is 7. The van der Waals surface area contributed by atoms with Gasteiger partial charge in [0.25, 0.3) is 0 Å². The molecule has 10 nitrogen and oxygen atoms in total. The molecule has 4 aromatic rings. The van der Waals surface area contributed by atoms with Gasteiger partial charge in [-0.2, -0.15) is 0 Å². The Hall–Kier alpha value is -3.95. The highest BCUT2D eigenvalue weighted by molar-refractivity contribution is 9.11. The highest BCUT2D eigenvalue weighted by Crippen LogP contribution is 2.48. The number of likely N-dealkylation sites (tertiary alicyclic amines) is 2. The standard InChI is InChI=1S/C46H46Br2Cl2N4O6S/c47-35-9-3-1-7-33(35)43-29(13-19-39(57)51-23-5-25-53-31(27-55)15-21-41(53)59)11-17-37(45(43)49)61-38-18-12-30(44(46(38)50)34-8-2-4-10-36(34)48)14-20-40(58)52-24-6-26-54-32(28-56)16-22-42(54)60/h1-4,7-14,17-20,31-32,55-56H,5-6,15-16,21-28H2,(H,51,57)(H,52,58)/t31-,32-/m0/s1. The van der Waals surface area contributed by atoms with Gasteiger partial charge in [-0.1, -0.05) is 115 Å². The van der Waals surface area contributed by atoms with E-state index >= 15 is 0 Å². The number of carbonyl (C=O) groups is 4. The van der Waals surface area contributed by atoms with Gasteiger partial charge >= 0.3 is 0 Å². The van der Waals surface area contributed by atoms with Gasteiger partial charge in [-0.05, 0) is 84.4 Å². The lowest BCUT2D eigenvalue weighted by Crippen LogP contribution is -2.37. The Bertz CT molecular complexity index is 2170. The van der Waals surface area contributed by atoms with Crippen molar-refractivity contribution in [3.8, 4) is 22.3 Å². The summed E-state index contributed by atoms with van der Waals surface area (Å²) in [5.41, 5.74) is 4.56. The van der Waals surface area contributed by atoms with Crippen molar-refractivity contribution in [3.05, 3.63) is 115 Å². The molecule has 0 aliphatic carbocycles. The number of carbonyl (C=O) groups excluding carboxylic acids is 4. The second-order valence-corrected chi connectivity index (χ2v) is 18.2. The van der Waals surface area contributed by atoms with E-state index < -0.39 is 0 Å². The van der Waals surface area contributed by atoms with Crippen molar-refractivity contribution in [1.29, 1.82) is 0 Å². The van der Waals surface area contributed by atoms with Gasteiger partial charge in [-0.25, -0.2) is 0 Å². The zero-order chi connectivity index (χ0) is 43.5. The van der Waals surface area contributed by atoms with E-state index in [4.69, 9.17) is 23.2 Å². The molecule has 320 valence electrons. The number of amides is 4. The fraction of sp³-hybridized carbons (Fsp3) is 0.304. The minimum absolute atomic E-state index is 0.0294. The Labute approximate surface area is 387 Å².